The van der Waals surface area contributed by atoms with E-state index in [4.69, 9.17) is 15.9 Å². The number of carbonyl (C=O) groups is 1. The molecule has 1 rings (SSSR count). The van der Waals surface area contributed by atoms with Crippen molar-refractivity contribution in [3.63, 3.8) is 0 Å². The number of nitrogens with two attached hydrogens (primary N) is 1. The van der Waals surface area contributed by atoms with Crippen LogP contribution in [-0.4, -0.2) is 40.3 Å². The first kappa shape index (κ1) is 8.66. The lowest BCUT2D eigenvalue weighted by Crippen LogP contribution is -2.41. The van der Waals surface area contributed by atoms with Crippen LogP contribution in [0.1, 0.15) is 0 Å². The molecule has 0 spiro atoms. The van der Waals surface area contributed by atoms with Crippen LogP contribution in [0.15, 0.2) is 12.1 Å². The molecule has 68 valence electrons. The van der Waals surface area contributed by atoms with Crippen molar-refractivity contribution in [2.45, 2.75) is 6.04 Å². The summed E-state index contributed by atoms with van der Waals surface area (Å²) in [6.07, 6.45) is 1.42. The molecule has 6 nitrogen and oxygen atoms in total. The SMILES string of the molecule is NC(CN1C=C(O)NC1)C(=O)O. The molecule has 12 heavy (non-hydrogen) atoms. The Morgan fingerprint density at radius 3 is 3.00 bits per heavy atom. The average Bonchev–Trinajstić information content (AvgIpc) is 2.35. The van der Waals surface area contributed by atoms with Gasteiger partial charge in [0.25, 0.3) is 0 Å². The molecular weight excluding hydrogens is 162 g/mol. The summed E-state index contributed by atoms with van der Waals surface area (Å²) in [6.45, 7) is 0.583. The molecule has 1 aliphatic rings. The molecule has 0 aromatic heterocycles. The first-order valence-electron chi connectivity index (χ1n) is 3.46. The Morgan fingerprint density at radius 2 is 2.58 bits per heavy atom. The number of carboxylic acids is 1. The highest BCUT2D eigenvalue weighted by molar-refractivity contribution is 5.73. The second-order valence-electron chi connectivity index (χ2n) is 2.57. The number of rotatable bonds is 3. The Hall–Kier alpha value is -1.43. The van der Waals surface area contributed by atoms with Gasteiger partial charge in [0.1, 0.15) is 6.04 Å². The van der Waals surface area contributed by atoms with Gasteiger partial charge in [0.05, 0.1) is 12.9 Å². The molecular formula is C6H11N3O3. The Morgan fingerprint density at radius 1 is 1.92 bits per heavy atom. The van der Waals surface area contributed by atoms with Crippen LogP contribution in [0.4, 0.5) is 0 Å². The lowest BCUT2D eigenvalue weighted by atomic mass is 10.3. The predicted octanol–water partition coefficient (Wildman–Crippen LogP) is -1.38. The summed E-state index contributed by atoms with van der Waals surface area (Å²) in [7, 11) is 0. The van der Waals surface area contributed by atoms with Gasteiger partial charge in [-0.05, 0) is 0 Å². The highest BCUT2D eigenvalue weighted by Crippen LogP contribution is 2.00. The van der Waals surface area contributed by atoms with Gasteiger partial charge in [0.2, 0.25) is 5.88 Å². The Kier molecular flexibility index (Phi) is 2.39. The summed E-state index contributed by atoms with van der Waals surface area (Å²) < 4.78 is 0. The Balaban J connectivity index is 2.37. The van der Waals surface area contributed by atoms with Gasteiger partial charge in [-0.1, -0.05) is 0 Å². The fourth-order valence-corrected chi connectivity index (χ4v) is 0.895. The van der Waals surface area contributed by atoms with Crippen molar-refractivity contribution in [3.8, 4) is 0 Å². The molecule has 0 aromatic rings. The van der Waals surface area contributed by atoms with Crippen LogP contribution in [0, 0.1) is 0 Å². The number of hydrogen-bond acceptors (Lipinski definition) is 5. The minimum atomic E-state index is -1.05. The zero-order valence-electron chi connectivity index (χ0n) is 6.40. The van der Waals surface area contributed by atoms with Crippen LogP contribution < -0.4 is 11.1 Å². The number of hydrogen-bond donors (Lipinski definition) is 4. The second-order valence-corrected chi connectivity index (χ2v) is 2.57. The fourth-order valence-electron chi connectivity index (χ4n) is 0.895. The first-order valence-corrected chi connectivity index (χ1v) is 3.46. The van der Waals surface area contributed by atoms with E-state index in [-0.39, 0.29) is 12.4 Å². The van der Waals surface area contributed by atoms with Crippen LogP contribution in [0.5, 0.6) is 0 Å². The van der Waals surface area contributed by atoms with E-state index in [1.54, 1.807) is 4.90 Å². The van der Waals surface area contributed by atoms with E-state index in [1.807, 2.05) is 0 Å². The minimum absolute atomic E-state index is 0.0348. The van der Waals surface area contributed by atoms with Crippen molar-refractivity contribution in [1.29, 1.82) is 0 Å². The first-order chi connectivity index (χ1) is 5.59. The van der Waals surface area contributed by atoms with Crippen LogP contribution >= 0.6 is 0 Å². The molecule has 0 saturated heterocycles. The van der Waals surface area contributed by atoms with E-state index in [1.165, 1.54) is 6.20 Å². The number of nitrogens with one attached hydrogen (secondary N) is 1. The number of aliphatic carboxylic acids is 1. The molecule has 1 unspecified atom stereocenters. The molecule has 0 aromatic carbocycles. The zero-order valence-corrected chi connectivity index (χ0v) is 6.40. The van der Waals surface area contributed by atoms with E-state index in [9.17, 15) is 4.79 Å². The molecule has 6 heteroatoms. The van der Waals surface area contributed by atoms with Crippen molar-refractivity contribution < 1.29 is 15.0 Å². The third-order valence-electron chi connectivity index (χ3n) is 1.52. The standard InChI is InChI=1S/C6H11N3O3/c7-4(6(11)12)1-9-2-5(10)8-3-9/h2,4,8,10H,1,3,7H2,(H,11,12). The number of aliphatic hydroxyl groups excluding tert-OH is 1. The number of aliphatic hydroxyl groups is 1. The highest BCUT2D eigenvalue weighted by Gasteiger charge is 2.17. The molecule has 0 radical (unpaired) electrons. The highest BCUT2D eigenvalue weighted by atomic mass is 16.4. The normalized spacial score (nSPS) is 18.4. The van der Waals surface area contributed by atoms with Crippen LogP contribution in [-0.2, 0) is 4.79 Å². The summed E-state index contributed by atoms with van der Waals surface area (Å²) in [5.41, 5.74) is 5.26. The average molecular weight is 173 g/mol. The van der Waals surface area contributed by atoms with Gasteiger partial charge in [-0.25, -0.2) is 0 Å². The van der Waals surface area contributed by atoms with Crippen molar-refractivity contribution >= 4 is 5.97 Å². The second kappa shape index (κ2) is 3.31. The summed E-state index contributed by atoms with van der Waals surface area (Å²) >= 11 is 0. The maximum Gasteiger partial charge on any atom is 0.322 e. The van der Waals surface area contributed by atoms with Crippen LogP contribution in [0.2, 0.25) is 0 Å². The monoisotopic (exact) mass is 173 g/mol. The molecule has 0 aliphatic carbocycles. The summed E-state index contributed by atoms with van der Waals surface area (Å²) in [5, 5.41) is 19.9. The van der Waals surface area contributed by atoms with Crippen molar-refractivity contribution in [2.75, 3.05) is 13.2 Å². The van der Waals surface area contributed by atoms with Gasteiger partial charge in [-0.3, -0.25) is 4.79 Å². The van der Waals surface area contributed by atoms with Gasteiger partial charge in [0.15, 0.2) is 0 Å². The molecule has 1 atom stereocenters. The van der Waals surface area contributed by atoms with E-state index >= 15 is 0 Å². The molecule has 0 bridgehead atoms. The maximum atomic E-state index is 10.3. The smallest absolute Gasteiger partial charge is 0.322 e. The van der Waals surface area contributed by atoms with E-state index in [0.717, 1.165) is 0 Å². The zero-order chi connectivity index (χ0) is 9.14. The summed E-state index contributed by atoms with van der Waals surface area (Å²) in [4.78, 5) is 11.9. The summed E-state index contributed by atoms with van der Waals surface area (Å²) in [6, 6.07) is -0.922. The third kappa shape index (κ3) is 2.03. The lowest BCUT2D eigenvalue weighted by molar-refractivity contribution is -0.138. The van der Waals surface area contributed by atoms with Gasteiger partial charge < -0.3 is 26.2 Å². The van der Waals surface area contributed by atoms with Crippen molar-refractivity contribution in [3.05, 3.63) is 12.1 Å². The number of nitrogens with zero attached hydrogens (tertiary/aromatic N) is 1. The van der Waals surface area contributed by atoms with Gasteiger partial charge >= 0.3 is 5.97 Å². The molecule has 1 heterocycles. The number of carboxylic acid groups (broad SMARTS) is 1. The predicted molar refractivity (Wildman–Crippen MR) is 41.0 cm³/mol. The topological polar surface area (TPSA) is 98.8 Å². The lowest BCUT2D eigenvalue weighted by Gasteiger charge is -2.16. The van der Waals surface area contributed by atoms with Crippen molar-refractivity contribution in [1.82, 2.24) is 10.2 Å². The van der Waals surface area contributed by atoms with E-state index < -0.39 is 12.0 Å². The summed E-state index contributed by atoms with van der Waals surface area (Å²) in [5.74, 6) is -1.01. The van der Waals surface area contributed by atoms with Gasteiger partial charge in [-0.15, -0.1) is 0 Å². The van der Waals surface area contributed by atoms with Crippen LogP contribution in [0.3, 0.4) is 0 Å². The van der Waals surface area contributed by atoms with E-state index in [0.29, 0.717) is 6.67 Å². The molecule has 1 aliphatic heterocycles. The quantitative estimate of drug-likeness (QED) is 0.419. The Labute approximate surface area is 69.3 Å². The molecule has 0 fully saturated rings. The van der Waals surface area contributed by atoms with E-state index in [2.05, 4.69) is 5.32 Å². The fraction of sp³-hybridized carbons (Fsp3) is 0.500. The molecule has 0 amide bonds. The third-order valence-corrected chi connectivity index (χ3v) is 1.52. The minimum Gasteiger partial charge on any atom is -0.494 e. The van der Waals surface area contributed by atoms with Crippen LogP contribution in [0.25, 0.3) is 0 Å². The largest absolute Gasteiger partial charge is 0.494 e. The Bertz CT molecular complexity index is 216. The maximum absolute atomic E-state index is 10.3. The van der Waals surface area contributed by atoms with Gasteiger partial charge in [-0.2, -0.15) is 0 Å². The van der Waals surface area contributed by atoms with Crippen molar-refractivity contribution in [2.24, 2.45) is 5.73 Å². The molecule has 0 saturated carbocycles. The van der Waals surface area contributed by atoms with Gasteiger partial charge in [0, 0.05) is 6.54 Å². The molecule has 5 N–H and O–H groups in total.